The Morgan fingerprint density at radius 3 is 0.803 bits per heavy atom. The minimum atomic E-state index is -0.696. The van der Waals surface area contributed by atoms with Crippen LogP contribution in [0.4, 0.5) is 135 Å². The predicted octanol–water partition coefficient (Wildman–Crippen LogP) is 23.6. The van der Waals surface area contributed by atoms with Crippen LogP contribution in [0.1, 0.15) is 66.2 Å². The third-order valence-electron chi connectivity index (χ3n) is 24.6. The summed E-state index contributed by atoms with van der Waals surface area (Å²) in [5, 5.41) is 0. The third kappa shape index (κ3) is 25.4. The van der Waals surface area contributed by atoms with Gasteiger partial charge in [-0.25, -0.2) is 29.9 Å². The summed E-state index contributed by atoms with van der Waals surface area (Å²) in [6, 6.07) is 99.0. The Hall–Kier alpha value is -14.5. The summed E-state index contributed by atoms with van der Waals surface area (Å²) >= 11 is 0. The number of hydrogen-bond acceptors (Lipinski definition) is 24. The topological polar surface area (TPSA) is 136 Å². The first-order valence-electron chi connectivity index (χ1n) is 47.1. The zero-order valence-electron chi connectivity index (χ0n) is 81.4. The minimum absolute atomic E-state index is 0. The molecule has 0 atom stereocenters. The predicted molar refractivity (Wildman–Crippen MR) is 555 cm³/mol. The molecule has 147 heavy (non-hydrogen) atoms. The second-order valence-electron chi connectivity index (χ2n) is 34.2. The number of rotatable bonds is 24. The maximum atomic E-state index is 13.7. The van der Waals surface area contributed by atoms with E-state index in [-0.39, 0.29) is 77.4 Å². The molecule has 0 amide bonds. The summed E-state index contributed by atoms with van der Waals surface area (Å²) in [6.07, 6.45) is 24.4. The van der Waals surface area contributed by atoms with E-state index in [1.165, 1.54) is 78.8 Å². The molecule has 11 aromatic carbocycles. The number of para-hydroxylation sites is 10. The van der Waals surface area contributed by atoms with Crippen LogP contribution < -0.4 is 68.6 Å². The maximum absolute atomic E-state index is 13.7. The molecule has 0 spiro atoms. The number of halogens is 6. The zero-order chi connectivity index (χ0) is 99.5. The van der Waals surface area contributed by atoms with Crippen molar-refractivity contribution in [1.82, 2.24) is 49.5 Å². The molecular formula is C114H102F6Ir3N24-18. The second-order valence-corrected chi connectivity index (χ2v) is 34.2. The zero-order valence-corrected chi connectivity index (χ0v) is 88.6. The Labute approximate surface area is 898 Å². The van der Waals surface area contributed by atoms with Crippen molar-refractivity contribution < 1.29 is 86.7 Å². The maximum Gasteiger partial charge on any atom is 0.144 e. The molecule has 0 aliphatic carbocycles. The Morgan fingerprint density at radius 1 is 0.252 bits per heavy atom. The van der Waals surface area contributed by atoms with Crippen molar-refractivity contribution in [2.45, 2.75) is 66.2 Å². The van der Waals surface area contributed by atoms with E-state index in [1.807, 2.05) is 84.9 Å². The fourth-order valence-electron chi connectivity index (χ4n) is 17.1. The molecule has 9 aliphatic rings. The van der Waals surface area contributed by atoms with Crippen LogP contribution in [-0.4, -0.2) is 110 Å². The Balaban J connectivity index is 0.000000134. The van der Waals surface area contributed by atoms with E-state index in [1.54, 1.807) is 74.4 Å². The van der Waals surface area contributed by atoms with Crippen LogP contribution in [0.15, 0.2) is 315 Å². The van der Waals surface area contributed by atoms with E-state index in [9.17, 15) is 26.3 Å². The minimum Gasteiger partial charge on any atom is -0.508 e. The van der Waals surface area contributed by atoms with Gasteiger partial charge < -0.3 is 88.2 Å². The number of allylic oxidation sites excluding steroid dienone is 4. The molecule has 0 saturated heterocycles. The third-order valence-corrected chi connectivity index (χ3v) is 24.6. The second kappa shape index (κ2) is 50.6. The van der Waals surface area contributed by atoms with Crippen molar-refractivity contribution in [3.63, 3.8) is 0 Å². The van der Waals surface area contributed by atoms with Gasteiger partial charge in [-0.1, -0.05) is 41.3 Å². The monoisotopic (exact) mass is 2500 g/mol. The van der Waals surface area contributed by atoms with E-state index in [4.69, 9.17) is 0 Å². The van der Waals surface area contributed by atoms with Crippen LogP contribution in [0, 0.1) is 150 Å². The van der Waals surface area contributed by atoms with Crippen LogP contribution in [0.5, 0.6) is 0 Å². The summed E-state index contributed by atoms with van der Waals surface area (Å²) in [4.78, 5) is 61.5. The van der Waals surface area contributed by atoms with Gasteiger partial charge in [-0.3, -0.25) is 26.3 Å². The standard InChI is InChI=1S/C30H26N4.C26H30N4.C22H22N4.3C12H8F2N4.3Ir/c1-3-13-25(14-4-1)33-23-31(27-17-7-9-19-29(27)33)21-11-12-22-32-24-34(26-15-5-2-6-16-26)30-20-10-8-18-28(30)32;1-21-23(3)29(25-13-7-5-8-14-25)19-27(21)17-11-12-18-28-20-30(24(4)22(28)2)26-15-9-6-10-16-26;1-3-9-21(10-4-1)25-17-15-23(19-25)13-7-8-14-24-16-18-26(20-24)22-11-5-2-6-12-22;3*1-17-7-18(12-11(17)15-4-5-16-12)10-3-2-8(13)6-9(10)14;;;/h1-10,13,15,17-20,23-24H,11-12,21-22H2;5-10,13,15,19-20H,11-12,17-18H2,1-4H3;1-6,9,11,15-20H,7-8,13-14H2;3*2,4-7H,1H3;;;/q3*-4;3*-2;;;. The molecule has 0 unspecified atom stereocenters. The molecule has 14 aromatic rings. The van der Waals surface area contributed by atoms with Gasteiger partial charge in [-0.05, 0) is 187 Å². The van der Waals surface area contributed by atoms with E-state index < -0.39 is 34.9 Å². The molecule has 3 radical (unpaired) electrons. The van der Waals surface area contributed by atoms with Crippen LogP contribution >= 0.6 is 0 Å². The first-order valence-corrected chi connectivity index (χ1v) is 47.1. The average molecular weight is 2500 g/mol. The molecular weight excluding hydrogens is 2400 g/mol. The number of hydrogen-bond donors (Lipinski definition) is 0. The van der Waals surface area contributed by atoms with Gasteiger partial charge in [0.05, 0.1) is 0 Å². The quantitative estimate of drug-likeness (QED) is 0.0322. The Bertz CT molecular complexity index is 6290. The van der Waals surface area contributed by atoms with Gasteiger partial charge in [0.25, 0.3) is 0 Å². The molecule has 33 heteroatoms. The molecule has 765 valence electrons. The summed E-state index contributed by atoms with van der Waals surface area (Å²) in [5.41, 5.74) is 16.9. The van der Waals surface area contributed by atoms with Crippen molar-refractivity contribution in [1.29, 1.82) is 0 Å². The summed E-state index contributed by atoms with van der Waals surface area (Å²) in [7, 11) is 5.32. The van der Waals surface area contributed by atoms with Gasteiger partial charge in [-0.2, -0.15) is 240 Å². The molecule has 0 saturated carbocycles. The van der Waals surface area contributed by atoms with E-state index in [0.29, 0.717) is 34.9 Å². The molecule has 9 aliphatic heterocycles. The van der Waals surface area contributed by atoms with E-state index in [0.717, 1.165) is 148 Å². The van der Waals surface area contributed by atoms with Gasteiger partial charge in [0.15, 0.2) is 0 Å². The molecule has 0 N–H and O–H groups in total. The smallest absolute Gasteiger partial charge is 0.144 e. The van der Waals surface area contributed by atoms with Crippen molar-refractivity contribution in [3.05, 3.63) is 465 Å². The number of aromatic nitrogens is 6. The SMILES string of the molecule is CC1=C(C)N(c2[c-]cccc2)[CH-]N1CCCCN1[CH-]N(c2[c-]cccc2)C(C)=C1C.CN1[CH-]N(c2[c-]cc(F)cc2F)c2nccnc21.CN1[CH-]N(c2[c-]cc(F)cc2F)c2nccnc21.CN1[CH-]N(c2[c-]cc(F)cc2F)c2nccnc21.[Ir].[Ir].[Ir].[c-]1ccccc1N1C=CN(CCCCN2C=CN(c3[c-]cccc3)[CH-]2)[CH-]1.[c-]1ccccc1N1[CH-]N(CCCCN2[CH-]N(c3[c-]cccc3)c3ccccc32)c2ccccc21. The first-order chi connectivity index (χ1) is 70.3. The average Bonchev–Trinajstić information content (AvgIpc) is 1.65. The van der Waals surface area contributed by atoms with Gasteiger partial charge in [0.1, 0.15) is 34.9 Å². The van der Waals surface area contributed by atoms with Gasteiger partial charge >= 0.3 is 0 Å². The number of anilines is 19. The number of nitrogens with zero attached hydrogens (tertiary/aromatic N) is 24. The van der Waals surface area contributed by atoms with Gasteiger partial charge in [0.2, 0.25) is 0 Å². The van der Waals surface area contributed by atoms with Crippen LogP contribution in [-0.2, 0) is 60.3 Å². The van der Waals surface area contributed by atoms with Crippen LogP contribution in [0.2, 0.25) is 0 Å². The van der Waals surface area contributed by atoms with Crippen LogP contribution in [0.25, 0.3) is 0 Å². The Morgan fingerprint density at radius 2 is 0.510 bits per heavy atom. The molecule has 12 heterocycles. The van der Waals surface area contributed by atoms with Crippen LogP contribution in [0.3, 0.4) is 0 Å². The molecule has 23 rings (SSSR count). The largest absolute Gasteiger partial charge is 0.508 e. The van der Waals surface area contributed by atoms with Crippen molar-refractivity contribution in [2.75, 3.05) is 129 Å². The summed E-state index contributed by atoms with van der Waals surface area (Å²) < 4.78 is 79.8. The number of benzene rings is 11. The van der Waals surface area contributed by atoms with Gasteiger partial charge in [-0.15, -0.1) is 90.5 Å². The van der Waals surface area contributed by atoms with Crippen molar-refractivity contribution in [3.8, 4) is 0 Å². The summed E-state index contributed by atoms with van der Waals surface area (Å²) in [5.74, 6) is -0.798. The summed E-state index contributed by atoms with van der Waals surface area (Å²) in [6.45, 7) is 32.8. The fraction of sp³-hybridized carbons (Fsp3) is 0.167. The molecule has 24 nitrogen and oxygen atoms in total. The number of fused-ring (bicyclic) bond motifs is 5. The molecule has 0 fully saturated rings. The van der Waals surface area contributed by atoms with Crippen molar-refractivity contribution >= 4 is 109 Å². The normalized spacial score (nSPS) is 14.8. The number of unbranched alkanes of at least 4 members (excludes halogenated alkanes) is 3. The van der Waals surface area contributed by atoms with Gasteiger partial charge in [0, 0.05) is 167 Å². The first kappa shape index (κ1) is 107. The Kier molecular flexibility index (Phi) is 36.7. The fourth-order valence-corrected chi connectivity index (χ4v) is 17.1. The van der Waals surface area contributed by atoms with Crippen molar-refractivity contribution in [2.24, 2.45) is 0 Å². The van der Waals surface area contributed by atoms with E-state index >= 15 is 0 Å². The molecule has 0 bridgehead atoms. The molecule has 3 aromatic heterocycles. The van der Waals surface area contributed by atoms with E-state index in [2.05, 4.69) is 345 Å².